The molecule has 0 spiro atoms. The van der Waals surface area contributed by atoms with Crippen LogP contribution in [0.1, 0.15) is 0 Å². The van der Waals surface area contributed by atoms with Crippen LogP contribution in [0, 0.1) is 15.9 Å². The molecule has 6 nitrogen and oxygen atoms in total. The van der Waals surface area contributed by atoms with E-state index in [9.17, 15) is 19.3 Å². The number of aromatic nitrogens is 1. The summed E-state index contributed by atoms with van der Waals surface area (Å²) >= 11 is 1.15. The normalized spacial score (nSPS) is 10.1. The van der Waals surface area contributed by atoms with Crippen molar-refractivity contribution in [2.24, 2.45) is 0 Å². The largest absolute Gasteiger partial charge is 0.325 e. The highest BCUT2D eigenvalue weighted by atomic mass is 32.2. The first kappa shape index (κ1) is 14.9. The molecule has 0 aliphatic rings. The van der Waals surface area contributed by atoms with Crippen LogP contribution in [-0.2, 0) is 4.79 Å². The number of carbonyl (C=O) groups is 1. The minimum absolute atomic E-state index is 0.0994. The molecule has 0 radical (unpaired) electrons. The van der Waals surface area contributed by atoms with Gasteiger partial charge in [-0.15, -0.1) is 0 Å². The van der Waals surface area contributed by atoms with E-state index in [1.165, 1.54) is 36.4 Å². The molecule has 1 aromatic carbocycles. The van der Waals surface area contributed by atoms with Gasteiger partial charge in [-0.2, -0.15) is 0 Å². The molecule has 1 amide bonds. The Morgan fingerprint density at radius 3 is 2.57 bits per heavy atom. The van der Waals surface area contributed by atoms with E-state index in [0.29, 0.717) is 10.7 Å². The van der Waals surface area contributed by atoms with E-state index in [1.54, 1.807) is 0 Å². The lowest BCUT2D eigenvalue weighted by Gasteiger charge is -2.04. The van der Waals surface area contributed by atoms with Gasteiger partial charge in [-0.3, -0.25) is 14.9 Å². The van der Waals surface area contributed by atoms with Gasteiger partial charge in [0.25, 0.3) is 5.69 Å². The molecule has 21 heavy (non-hydrogen) atoms. The summed E-state index contributed by atoms with van der Waals surface area (Å²) in [5, 5.41) is 13.6. The van der Waals surface area contributed by atoms with Gasteiger partial charge in [-0.05, 0) is 30.3 Å². The van der Waals surface area contributed by atoms with Crippen LogP contribution >= 0.6 is 11.8 Å². The highest BCUT2D eigenvalue weighted by Crippen LogP contribution is 2.18. The summed E-state index contributed by atoms with van der Waals surface area (Å²) in [5.41, 5.74) is 0.397. The highest BCUT2D eigenvalue weighted by molar-refractivity contribution is 7.99. The number of hydrogen-bond donors (Lipinski definition) is 1. The molecular weight excluding hydrogens is 297 g/mol. The van der Waals surface area contributed by atoms with E-state index in [0.717, 1.165) is 18.0 Å². The van der Waals surface area contributed by atoms with Crippen molar-refractivity contribution in [2.45, 2.75) is 5.03 Å². The zero-order valence-corrected chi connectivity index (χ0v) is 11.5. The van der Waals surface area contributed by atoms with Gasteiger partial charge in [0.15, 0.2) is 0 Å². The Balaban J connectivity index is 1.86. The fourth-order valence-electron chi connectivity index (χ4n) is 1.44. The second-order valence-electron chi connectivity index (χ2n) is 3.96. The van der Waals surface area contributed by atoms with Crippen molar-refractivity contribution in [3.8, 4) is 0 Å². The zero-order chi connectivity index (χ0) is 15.2. The van der Waals surface area contributed by atoms with Crippen LogP contribution in [-0.4, -0.2) is 21.6 Å². The van der Waals surface area contributed by atoms with Crippen molar-refractivity contribution in [3.63, 3.8) is 0 Å². The maximum absolute atomic E-state index is 12.7. The lowest BCUT2D eigenvalue weighted by atomic mass is 10.3. The van der Waals surface area contributed by atoms with E-state index in [1.807, 2.05) is 0 Å². The molecule has 0 atom stereocenters. The van der Waals surface area contributed by atoms with Crippen LogP contribution in [0.4, 0.5) is 15.8 Å². The van der Waals surface area contributed by atoms with Crippen molar-refractivity contribution in [3.05, 3.63) is 58.5 Å². The molecule has 0 saturated carbocycles. The average Bonchev–Trinajstić information content (AvgIpc) is 2.48. The molecule has 2 aromatic rings. The summed E-state index contributed by atoms with van der Waals surface area (Å²) in [4.78, 5) is 25.5. The Morgan fingerprint density at radius 2 is 2.00 bits per heavy atom. The first-order valence-corrected chi connectivity index (χ1v) is 6.82. The number of amides is 1. The summed E-state index contributed by atoms with van der Waals surface area (Å²) in [5.74, 6) is -0.549. The smallest absolute Gasteiger partial charge is 0.287 e. The number of nitrogens with one attached hydrogen (secondary N) is 1. The van der Waals surface area contributed by atoms with E-state index in [2.05, 4.69) is 10.3 Å². The summed E-state index contributed by atoms with van der Waals surface area (Å²) in [6, 6.07) is 8.23. The number of rotatable bonds is 5. The lowest BCUT2D eigenvalue weighted by Crippen LogP contribution is -2.14. The molecule has 0 bridgehead atoms. The molecule has 0 fully saturated rings. The molecule has 0 aliphatic heterocycles. The van der Waals surface area contributed by atoms with E-state index >= 15 is 0 Å². The third kappa shape index (κ3) is 4.53. The minimum Gasteiger partial charge on any atom is -0.325 e. The number of thioether (sulfide) groups is 1. The van der Waals surface area contributed by atoms with Gasteiger partial charge in [0.1, 0.15) is 12.0 Å². The predicted molar refractivity (Wildman–Crippen MR) is 76.6 cm³/mol. The van der Waals surface area contributed by atoms with Crippen LogP contribution in [0.3, 0.4) is 0 Å². The fourth-order valence-corrected chi connectivity index (χ4v) is 2.08. The van der Waals surface area contributed by atoms with Crippen molar-refractivity contribution >= 4 is 29.0 Å². The van der Waals surface area contributed by atoms with Gasteiger partial charge < -0.3 is 5.32 Å². The minimum atomic E-state index is -0.539. The van der Waals surface area contributed by atoms with Crippen LogP contribution < -0.4 is 5.32 Å². The standard InChI is InChI=1S/C13H10FN3O3S/c14-9-1-3-10(4-2-9)16-12(18)8-21-13-6-5-11(7-15-13)17(19)20/h1-7H,8H2,(H,16,18). The number of hydrogen-bond acceptors (Lipinski definition) is 5. The lowest BCUT2D eigenvalue weighted by molar-refractivity contribution is -0.385. The maximum atomic E-state index is 12.7. The molecule has 1 heterocycles. The monoisotopic (exact) mass is 307 g/mol. The van der Waals surface area contributed by atoms with E-state index in [4.69, 9.17) is 0 Å². The van der Waals surface area contributed by atoms with E-state index < -0.39 is 4.92 Å². The van der Waals surface area contributed by atoms with Crippen LogP contribution in [0.15, 0.2) is 47.6 Å². The second-order valence-corrected chi connectivity index (χ2v) is 4.95. The maximum Gasteiger partial charge on any atom is 0.287 e. The molecular formula is C13H10FN3O3S. The first-order chi connectivity index (χ1) is 10.0. The number of halogens is 1. The number of anilines is 1. The molecule has 1 N–H and O–H groups in total. The second kappa shape index (κ2) is 6.80. The van der Waals surface area contributed by atoms with E-state index in [-0.39, 0.29) is 23.2 Å². The summed E-state index contributed by atoms with van der Waals surface area (Å²) in [7, 11) is 0. The molecule has 0 aliphatic carbocycles. The third-order valence-electron chi connectivity index (χ3n) is 2.41. The predicted octanol–water partition coefficient (Wildman–Crippen LogP) is 2.86. The Labute approximate surface area is 123 Å². The summed E-state index contributed by atoms with van der Waals surface area (Å²) < 4.78 is 12.7. The summed E-state index contributed by atoms with van der Waals surface area (Å²) in [6.07, 6.45) is 1.14. The quantitative estimate of drug-likeness (QED) is 0.521. The molecule has 108 valence electrons. The van der Waals surface area contributed by atoms with Crippen molar-refractivity contribution in [1.29, 1.82) is 0 Å². The molecule has 2 rings (SSSR count). The number of carbonyl (C=O) groups excluding carboxylic acids is 1. The van der Waals surface area contributed by atoms with Crippen LogP contribution in [0.25, 0.3) is 0 Å². The first-order valence-electron chi connectivity index (χ1n) is 5.83. The van der Waals surface area contributed by atoms with Crippen LogP contribution in [0.2, 0.25) is 0 Å². The van der Waals surface area contributed by atoms with Gasteiger partial charge >= 0.3 is 0 Å². The topological polar surface area (TPSA) is 85.1 Å². The average molecular weight is 307 g/mol. The summed E-state index contributed by atoms with van der Waals surface area (Å²) in [6.45, 7) is 0. The number of nitro groups is 1. The van der Waals surface area contributed by atoms with Gasteiger partial charge in [0.05, 0.1) is 15.7 Å². The van der Waals surface area contributed by atoms with Crippen molar-refractivity contribution in [1.82, 2.24) is 4.98 Å². The van der Waals surface area contributed by atoms with Crippen molar-refractivity contribution in [2.75, 3.05) is 11.1 Å². The Hall–Kier alpha value is -2.48. The van der Waals surface area contributed by atoms with Gasteiger partial charge in [-0.1, -0.05) is 11.8 Å². The van der Waals surface area contributed by atoms with Crippen LogP contribution in [0.5, 0.6) is 0 Å². The molecule has 8 heteroatoms. The fraction of sp³-hybridized carbons (Fsp3) is 0.0769. The number of nitrogens with zero attached hydrogens (tertiary/aromatic N) is 2. The van der Waals surface area contributed by atoms with Gasteiger partial charge in [0, 0.05) is 11.8 Å². The molecule has 1 aromatic heterocycles. The SMILES string of the molecule is O=C(CSc1ccc([N+](=O)[O-])cn1)Nc1ccc(F)cc1. The Bertz CT molecular complexity index is 647. The third-order valence-corrected chi connectivity index (χ3v) is 3.35. The zero-order valence-electron chi connectivity index (χ0n) is 10.7. The molecule has 0 unspecified atom stereocenters. The van der Waals surface area contributed by atoms with Gasteiger partial charge in [0.2, 0.25) is 5.91 Å². The molecule has 0 saturated heterocycles. The number of pyridine rings is 1. The van der Waals surface area contributed by atoms with Crippen molar-refractivity contribution < 1.29 is 14.1 Å². The Morgan fingerprint density at radius 1 is 1.29 bits per heavy atom. The highest BCUT2D eigenvalue weighted by Gasteiger charge is 2.08. The Kier molecular flexibility index (Phi) is 4.83. The number of benzene rings is 1. The van der Waals surface area contributed by atoms with Gasteiger partial charge in [-0.25, -0.2) is 9.37 Å².